The van der Waals surface area contributed by atoms with Crippen LogP contribution in [0.15, 0.2) is 71.9 Å². The molecule has 4 aromatic rings. The van der Waals surface area contributed by atoms with Crippen LogP contribution in [0.1, 0.15) is 46.7 Å². The van der Waals surface area contributed by atoms with Crippen molar-refractivity contribution >= 4 is 67.2 Å². The maximum absolute atomic E-state index is 13.4. The lowest BCUT2D eigenvalue weighted by atomic mass is 10.00. The standard InChI is InChI=1S/C27H28N8O2.4ClH/c1-17-18(8-11-24(28)34-17)14-33-26(36)23-10-9-19-15-31-25(27(37)35(19)23)32-16-20(21-6-2-4-12-29-21)22-7-3-5-13-30-22;;;;/h2-8,11-13,15,20,23H,9-10,14,16H2,1H3,(H2,28,34)(H,31,32)(H,33,36);4*1H/t23-;;;;/m0..../s1. The molecule has 41 heavy (non-hydrogen) atoms. The highest BCUT2D eigenvalue weighted by atomic mass is 35.5. The zero-order valence-electron chi connectivity index (χ0n) is 22.1. The molecule has 0 fully saturated rings. The van der Waals surface area contributed by atoms with Crippen LogP contribution in [0.25, 0.3) is 0 Å². The second-order valence-electron chi connectivity index (χ2n) is 8.97. The molecule has 5 heterocycles. The summed E-state index contributed by atoms with van der Waals surface area (Å²) >= 11 is 0. The number of nitrogen functional groups attached to an aromatic ring is 1. The summed E-state index contributed by atoms with van der Waals surface area (Å²) in [4.78, 5) is 44.1. The van der Waals surface area contributed by atoms with Gasteiger partial charge in [0.1, 0.15) is 11.9 Å². The summed E-state index contributed by atoms with van der Waals surface area (Å²) in [5.74, 6) is 0.232. The van der Waals surface area contributed by atoms with Crippen molar-refractivity contribution < 1.29 is 4.79 Å². The average Bonchev–Trinajstić information content (AvgIpc) is 3.36. The van der Waals surface area contributed by atoms with Gasteiger partial charge in [0.05, 0.1) is 17.3 Å². The van der Waals surface area contributed by atoms with Crippen molar-refractivity contribution in [1.29, 1.82) is 0 Å². The molecule has 0 saturated heterocycles. The van der Waals surface area contributed by atoms with Crippen LogP contribution < -0.4 is 21.9 Å². The predicted octanol–water partition coefficient (Wildman–Crippen LogP) is 4.05. The third-order valence-corrected chi connectivity index (χ3v) is 6.59. The number of hydrogen-bond acceptors (Lipinski definition) is 8. The highest BCUT2D eigenvalue weighted by Crippen LogP contribution is 2.25. The molecule has 14 heteroatoms. The van der Waals surface area contributed by atoms with Crippen molar-refractivity contribution in [2.75, 3.05) is 17.6 Å². The van der Waals surface area contributed by atoms with E-state index in [1.807, 2.05) is 49.4 Å². The molecule has 0 spiro atoms. The number of pyridine rings is 3. The summed E-state index contributed by atoms with van der Waals surface area (Å²) in [5.41, 5.74) is 9.45. The van der Waals surface area contributed by atoms with E-state index >= 15 is 0 Å². The van der Waals surface area contributed by atoms with Crippen molar-refractivity contribution in [3.8, 4) is 0 Å². The minimum atomic E-state index is -0.601. The van der Waals surface area contributed by atoms with Gasteiger partial charge in [-0.3, -0.25) is 24.1 Å². The third-order valence-electron chi connectivity index (χ3n) is 6.59. The van der Waals surface area contributed by atoms with Gasteiger partial charge in [-0.05, 0) is 55.7 Å². The van der Waals surface area contributed by atoms with Gasteiger partial charge in [-0.15, -0.1) is 49.6 Å². The van der Waals surface area contributed by atoms with E-state index in [1.54, 1.807) is 29.2 Å². The lowest BCUT2D eigenvalue weighted by Gasteiger charge is -2.19. The minimum Gasteiger partial charge on any atom is -0.384 e. The maximum atomic E-state index is 13.4. The van der Waals surface area contributed by atoms with Gasteiger partial charge in [0.25, 0.3) is 5.56 Å². The molecule has 1 aliphatic rings. The molecule has 0 saturated carbocycles. The largest absolute Gasteiger partial charge is 0.384 e. The molecule has 0 bridgehead atoms. The Morgan fingerprint density at radius 3 is 2.24 bits per heavy atom. The number of carbonyl (C=O) groups excluding carboxylic acids is 1. The van der Waals surface area contributed by atoms with E-state index in [0.29, 0.717) is 31.7 Å². The van der Waals surface area contributed by atoms with Gasteiger partial charge in [0, 0.05) is 43.1 Å². The first-order chi connectivity index (χ1) is 18.0. The molecule has 0 unspecified atom stereocenters. The minimum absolute atomic E-state index is 0. The number of aromatic nitrogens is 5. The lowest BCUT2D eigenvalue weighted by molar-refractivity contribution is -0.124. The highest BCUT2D eigenvalue weighted by Gasteiger charge is 2.31. The van der Waals surface area contributed by atoms with E-state index in [4.69, 9.17) is 5.73 Å². The van der Waals surface area contributed by atoms with Crippen LogP contribution in [0.4, 0.5) is 11.6 Å². The van der Waals surface area contributed by atoms with Gasteiger partial charge < -0.3 is 16.4 Å². The normalized spacial score (nSPS) is 13.0. The Hall–Kier alpha value is -3.44. The SMILES string of the molecule is Cc1nc(N)ccc1CNC(=O)[C@@H]1CCc2cnc(NCC(c3ccccn3)c3ccccn3)c(=O)n21.Cl.Cl.Cl.Cl. The zero-order valence-corrected chi connectivity index (χ0v) is 25.4. The Balaban J connectivity index is 0.00000210. The number of halogens is 4. The molecule has 0 aromatic carbocycles. The smallest absolute Gasteiger partial charge is 0.294 e. The molecule has 1 atom stereocenters. The third kappa shape index (κ3) is 8.07. The molecule has 5 rings (SSSR count). The van der Waals surface area contributed by atoms with E-state index in [1.165, 1.54) is 0 Å². The lowest BCUT2D eigenvalue weighted by Crippen LogP contribution is -2.36. The molecule has 0 aliphatic carbocycles. The average molecular weight is 642 g/mol. The molecule has 4 N–H and O–H groups in total. The van der Waals surface area contributed by atoms with Gasteiger partial charge in [0.2, 0.25) is 5.91 Å². The molecule has 1 amide bonds. The fourth-order valence-electron chi connectivity index (χ4n) is 4.63. The van der Waals surface area contributed by atoms with Crippen LogP contribution in [0.5, 0.6) is 0 Å². The first kappa shape index (κ1) is 35.6. The number of nitrogens with two attached hydrogens (primary N) is 1. The number of fused-ring (bicyclic) bond motifs is 1. The van der Waals surface area contributed by atoms with Crippen LogP contribution in [-0.4, -0.2) is 37.0 Å². The zero-order chi connectivity index (χ0) is 25.8. The quantitative estimate of drug-likeness (QED) is 0.262. The molecule has 1 aliphatic heterocycles. The molecular weight excluding hydrogens is 610 g/mol. The summed E-state index contributed by atoms with van der Waals surface area (Å²) in [7, 11) is 0. The van der Waals surface area contributed by atoms with Gasteiger partial charge in [-0.2, -0.15) is 0 Å². The van der Waals surface area contributed by atoms with Crippen molar-refractivity contribution in [3.63, 3.8) is 0 Å². The van der Waals surface area contributed by atoms with Gasteiger partial charge in [0.15, 0.2) is 5.82 Å². The summed E-state index contributed by atoms with van der Waals surface area (Å²) in [6.45, 7) is 2.53. The van der Waals surface area contributed by atoms with E-state index in [-0.39, 0.29) is 72.8 Å². The van der Waals surface area contributed by atoms with Crippen LogP contribution in [0, 0.1) is 6.92 Å². The number of carbonyl (C=O) groups is 1. The Morgan fingerprint density at radius 2 is 1.66 bits per heavy atom. The van der Waals surface area contributed by atoms with Crippen molar-refractivity contribution in [2.24, 2.45) is 0 Å². The summed E-state index contributed by atoms with van der Waals surface area (Å²) in [6.07, 6.45) is 6.28. The number of anilines is 2. The molecule has 10 nitrogen and oxygen atoms in total. The van der Waals surface area contributed by atoms with Crippen LogP contribution >= 0.6 is 49.6 Å². The maximum Gasteiger partial charge on any atom is 0.294 e. The second kappa shape index (κ2) is 16.1. The monoisotopic (exact) mass is 640 g/mol. The first-order valence-electron chi connectivity index (χ1n) is 12.2. The molecule has 4 aromatic heterocycles. The van der Waals surface area contributed by atoms with Crippen molar-refractivity contribution in [3.05, 3.63) is 106 Å². The van der Waals surface area contributed by atoms with Crippen LogP contribution in [0.3, 0.4) is 0 Å². The Kier molecular flexibility index (Phi) is 14.0. The number of aryl methyl sites for hydroxylation is 2. The number of hydrogen-bond donors (Lipinski definition) is 3. The van der Waals surface area contributed by atoms with Crippen molar-refractivity contribution in [2.45, 2.75) is 38.3 Å². The van der Waals surface area contributed by atoms with Crippen molar-refractivity contribution in [1.82, 2.24) is 29.8 Å². The number of nitrogens with zero attached hydrogens (tertiary/aromatic N) is 5. The van der Waals surface area contributed by atoms with Gasteiger partial charge in [-0.25, -0.2) is 9.97 Å². The van der Waals surface area contributed by atoms with Crippen LogP contribution in [-0.2, 0) is 17.8 Å². The summed E-state index contributed by atoms with van der Waals surface area (Å²) in [6, 6.07) is 14.4. The second-order valence-corrected chi connectivity index (χ2v) is 8.97. The topological polar surface area (TPSA) is 141 Å². The van der Waals surface area contributed by atoms with Crippen LogP contribution in [0.2, 0.25) is 0 Å². The van der Waals surface area contributed by atoms with Gasteiger partial charge >= 0.3 is 0 Å². The first-order valence-corrected chi connectivity index (χ1v) is 12.2. The van der Waals surface area contributed by atoms with E-state index < -0.39 is 6.04 Å². The number of nitrogens with one attached hydrogen (secondary N) is 2. The van der Waals surface area contributed by atoms with E-state index in [9.17, 15) is 9.59 Å². The Morgan fingerprint density at radius 1 is 1.00 bits per heavy atom. The Bertz CT molecular complexity index is 1440. The summed E-state index contributed by atoms with van der Waals surface area (Å²) < 4.78 is 1.55. The van der Waals surface area contributed by atoms with Gasteiger partial charge in [-0.1, -0.05) is 18.2 Å². The fourth-order valence-corrected chi connectivity index (χ4v) is 4.63. The Labute approximate surface area is 262 Å². The fraction of sp³-hybridized carbons (Fsp3) is 0.259. The van der Waals surface area contributed by atoms with E-state index in [2.05, 4.69) is 30.6 Å². The van der Waals surface area contributed by atoms with E-state index in [0.717, 1.165) is 28.3 Å². The molecule has 0 radical (unpaired) electrons. The number of amides is 1. The molecule has 220 valence electrons. The highest BCUT2D eigenvalue weighted by molar-refractivity contribution is 5.86. The summed E-state index contributed by atoms with van der Waals surface area (Å²) in [5, 5.41) is 6.14. The predicted molar refractivity (Wildman–Crippen MR) is 169 cm³/mol. The number of rotatable bonds is 8. The molecular formula is C27H32Cl4N8O2.